The summed E-state index contributed by atoms with van der Waals surface area (Å²) in [5, 5.41) is 15.6. The number of pyridine rings is 1. The van der Waals surface area contributed by atoms with Crippen molar-refractivity contribution in [3.63, 3.8) is 0 Å². The smallest absolute Gasteiger partial charge is 0.266 e. The van der Waals surface area contributed by atoms with E-state index in [4.69, 9.17) is 4.98 Å². The van der Waals surface area contributed by atoms with E-state index in [0.29, 0.717) is 67.4 Å². The topological polar surface area (TPSA) is 103 Å². The van der Waals surface area contributed by atoms with Crippen molar-refractivity contribution >= 4 is 34.2 Å². The van der Waals surface area contributed by atoms with Gasteiger partial charge in [-0.1, -0.05) is 36.4 Å². The van der Waals surface area contributed by atoms with Crippen molar-refractivity contribution in [2.24, 2.45) is 0 Å². The van der Waals surface area contributed by atoms with Crippen molar-refractivity contribution in [1.29, 1.82) is 0 Å². The first-order valence-corrected chi connectivity index (χ1v) is 18.8. The molecule has 3 aliphatic rings. The Balaban J connectivity index is 1.01. The van der Waals surface area contributed by atoms with Gasteiger partial charge in [0, 0.05) is 42.0 Å². The van der Waals surface area contributed by atoms with E-state index in [9.17, 15) is 22.8 Å². The summed E-state index contributed by atoms with van der Waals surface area (Å²) in [4.78, 5) is 33.4. The van der Waals surface area contributed by atoms with Crippen molar-refractivity contribution in [1.82, 2.24) is 25.4 Å². The minimum atomic E-state index is -2.93. The van der Waals surface area contributed by atoms with E-state index in [1.807, 2.05) is 30.9 Å². The lowest BCUT2D eigenvalue weighted by molar-refractivity contribution is -0.137. The molecule has 286 valence electrons. The summed E-state index contributed by atoms with van der Waals surface area (Å²) in [5.74, 6) is -0.133. The molecule has 5 heterocycles. The monoisotopic (exact) mass is 745 g/mol. The van der Waals surface area contributed by atoms with Crippen LogP contribution in [0.1, 0.15) is 104 Å². The second-order valence-corrected chi connectivity index (χ2v) is 15.6. The summed E-state index contributed by atoms with van der Waals surface area (Å²) in [7, 11) is 0. The van der Waals surface area contributed by atoms with Gasteiger partial charge in [0.1, 0.15) is 17.3 Å². The number of aromatic nitrogens is 3. The number of piperidine rings is 3. The number of hydrogen-bond acceptors (Lipinski definition) is 8. The molecular formula is C41H47F4N7O2. The number of fused-ring (bicyclic) bond motifs is 1. The molecule has 0 unspecified atom stereocenters. The molecule has 2 amide bonds. The molecule has 0 saturated carbocycles. The van der Waals surface area contributed by atoms with Gasteiger partial charge >= 0.3 is 0 Å². The number of halogens is 4. The average Bonchev–Trinajstić information content (AvgIpc) is 3.14. The lowest BCUT2D eigenvalue weighted by atomic mass is 9.74. The average molecular weight is 746 g/mol. The fourth-order valence-corrected chi connectivity index (χ4v) is 8.57. The number of carbonyl (C=O) groups is 2. The van der Waals surface area contributed by atoms with Gasteiger partial charge in [-0.3, -0.25) is 14.9 Å². The van der Waals surface area contributed by atoms with E-state index < -0.39 is 34.9 Å². The van der Waals surface area contributed by atoms with Crippen LogP contribution >= 0.6 is 0 Å². The van der Waals surface area contributed by atoms with E-state index in [1.54, 1.807) is 13.1 Å². The van der Waals surface area contributed by atoms with Crippen molar-refractivity contribution < 1.29 is 27.2 Å². The zero-order valence-corrected chi connectivity index (χ0v) is 31.2. The van der Waals surface area contributed by atoms with Gasteiger partial charge in [0.2, 0.25) is 11.8 Å². The van der Waals surface area contributed by atoms with Gasteiger partial charge in [-0.05, 0) is 102 Å². The number of aryl methyl sites for hydroxylation is 2. The number of amides is 2. The summed E-state index contributed by atoms with van der Waals surface area (Å²) in [6.45, 7) is 10.2. The Morgan fingerprint density at radius 2 is 1.76 bits per heavy atom. The zero-order chi connectivity index (χ0) is 38.4. The fourth-order valence-electron chi connectivity index (χ4n) is 8.57. The summed E-state index contributed by atoms with van der Waals surface area (Å²) in [6.07, 6.45) is 2.51. The molecule has 13 heteroatoms. The number of nitrogens with one attached hydrogen (secondary N) is 2. The third kappa shape index (κ3) is 7.39. The van der Waals surface area contributed by atoms with Gasteiger partial charge < -0.3 is 15.1 Å². The molecule has 3 saturated heterocycles. The number of hydrogen-bond donors (Lipinski definition) is 2. The highest BCUT2D eigenvalue weighted by molar-refractivity contribution is 6.03. The van der Waals surface area contributed by atoms with Crippen LogP contribution in [0.5, 0.6) is 0 Å². The number of anilines is 2. The molecule has 2 N–H and O–H groups in total. The van der Waals surface area contributed by atoms with Crippen LogP contribution in [0.2, 0.25) is 0 Å². The van der Waals surface area contributed by atoms with Crippen LogP contribution in [0.25, 0.3) is 10.8 Å². The minimum Gasteiger partial charge on any atom is -0.361 e. The Morgan fingerprint density at radius 1 is 1.00 bits per heavy atom. The normalized spacial score (nSPS) is 23.5. The van der Waals surface area contributed by atoms with Crippen molar-refractivity contribution in [2.45, 2.75) is 95.7 Å². The van der Waals surface area contributed by atoms with Crippen molar-refractivity contribution in [2.75, 3.05) is 42.9 Å². The van der Waals surface area contributed by atoms with Crippen molar-refractivity contribution in [3.8, 4) is 0 Å². The minimum absolute atomic E-state index is 0.0899. The lowest BCUT2D eigenvalue weighted by Crippen LogP contribution is -2.53. The van der Waals surface area contributed by atoms with Gasteiger partial charge in [0.25, 0.3) is 6.43 Å². The van der Waals surface area contributed by atoms with Gasteiger partial charge in [0.05, 0.1) is 29.3 Å². The number of alkyl halides is 3. The van der Waals surface area contributed by atoms with Crippen molar-refractivity contribution in [3.05, 3.63) is 88.0 Å². The molecular weight excluding hydrogens is 698 g/mol. The molecule has 3 fully saturated rings. The Kier molecular flexibility index (Phi) is 10.4. The zero-order valence-electron chi connectivity index (χ0n) is 31.2. The van der Waals surface area contributed by atoms with Gasteiger partial charge in [0.15, 0.2) is 5.82 Å². The number of nitrogens with zero attached hydrogens (tertiary/aromatic N) is 5. The Bertz CT molecular complexity index is 2070. The quantitative estimate of drug-likeness (QED) is 0.132. The summed E-state index contributed by atoms with van der Waals surface area (Å²) in [6, 6.07) is 11.4. The third-order valence-corrected chi connectivity index (χ3v) is 11.8. The molecule has 4 aromatic rings. The predicted octanol–water partition coefficient (Wildman–Crippen LogP) is 7.77. The van der Waals surface area contributed by atoms with Crippen LogP contribution in [0.15, 0.2) is 48.7 Å². The lowest BCUT2D eigenvalue weighted by Gasteiger charge is -2.42. The van der Waals surface area contributed by atoms with E-state index in [0.717, 1.165) is 48.5 Å². The molecule has 0 spiro atoms. The van der Waals surface area contributed by atoms with E-state index in [2.05, 4.69) is 44.8 Å². The van der Waals surface area contributed by atoms with Crippen LogP contribution in [0, 0.1) is 19.7 Å². The Hall–Kier alpha value is -4.65. The molecule has 54 heavy (non-hydrogen) atoms. The largest absolute Gasteiger partial charge is 0.361 e. The van der Waals surface area contributed by atoms with Gasteiger partial charge in [-0.25, -0.2) is 22.5 Å². The van der Waals surface area contributed by atoms with E-state index in [-0.39, 0.29) is 23.9 Å². The predicted molar refractivity (Wildman–Crippen MR) is 200 cm³/mol. The SMILES string of the molecule is Cc1cc([C@@]2(C)CCC(=O)NC2=O)ccc1C1CCN(C[C@@]2(F)CCCN(c3cc4c(N[C@H](C)c5cccc(C(F)F)c5F)nnc(C)c4cn3)C2)CC1. The third-order valence-electron chi connectivity index (χ3n) is 11.8. The first-order chi connectivity index (χ1) is 25.7. The molecule has 7 rings (SSSR count). The molecule has 3 atom stereocenters. The van der Waals surface area contributed by atoms with Crippen LogP contribution in [0.3, 0.4) is 0 Å². The maximum atomic E-state index is 16.7. The molecule has 0 radical (unpaired) electrons. The number of carbonyl (C=O) groups excluding carboxylic acids is 2. The number of likely N-dealkylation sites (tertiary alicyclic amines) is 1. The van der Waals surface area contributed by atoms with Crippen LogP contribution in [-0.4, -0.2) is 70.3 Å². The number of benzene rings is 2. The first kappa shape index (κ1) is 37.7. The highest BCUT2D eigenvalue weighted by atomic mass is 19.3. The van der Waals surface area contributed by atoms with E-state index in [1.165, 1.54) is 17.7 Å². The first-order valence-electron chi connectivity index (χ1n) is 18.8. The fraction of sp³-hybridized carbons (Fsp3) is 0.488. The summed E-state index contributed by atoms with van der Waals surface area (Å²) >= 11 is 0. The maximum absolute atomic E-state index is 16.7. The highest BCUT2D eigenvalue weighted by Gasteiger charge is 2.41. The standard InChI is InChI=1S/C41H47F4N7O2/c1-24-19-28(40(4)15-11-35(53)48-39(40)54)9-10-29(24)27-12-17-51(18-13-27)22-41(45)14-6-16-52(23-41)34-20-32-33(21-46-34)26(3)49-50-38(32)47-25(2)30-7-5-8-31(36(30)42)37(43)44/h5,7-10,19-21,25,27,37H,6,11-18,22-23H2,1-4H3,(H,47,50)(H,48,53,54)/t25-,40-,41+/m1/s1. The summed E-state index contributed by atoms with van der Waals surface area (Å²) < 4.78 is 58.5. The van der Waals surface area contributed by atoms with Gasteiger partial charge in [-0.2, -0.15) is 5.10 Å². The van der Waals surface area contributed by atoms with Gasteiger partial charge in [-0.15, -0.1) is 5.10 Å². The summed E-state index contributed by atoms with van der Waals surface area (Å²) in [5.41, 5.74) is 1.22. The molecule has 2 aromatic carbocycles. The van der Waals surface area contributed by atoms with Crippen LogP contribution in [0.4, 0.5) is 29.2 Å². The van der Waals surface area contributed by atoms with Crippen LogP contribution < -0.4 is 15.5 Å². The number of imide groups is 1. The van der Waals surface area contributed by atoms with E-state index >= 15 is 4.39 Å². The molecule has 2 aromatic heterocycles. The molecule has 0 aliphatic carbocycles. The Labute approximate surface area is 312 Å². The molecule has 3 aliphatic heterocycles. The number of rotatable bonds is 9. The van der Waals surface area contributed by atoms with Crippen LogP contribution in [-0.2, 0) is 15.0 Å². The second kappa shape index (κ2) is 14.9. The molecule has 9 nitrogen and oxygen atoms in total. The highest BCUT2D eigenvalue weighted by Crippen LogP contribution is 2.38. The molecule has 0 bridgehead atoms. The maximum Gasteiger partial charge on any atom is 0.266 e. The Morgan fingerprint density at radius 3 is 2.48 bits per heavy atom. The second-order valence-electron chi connectivity index (χ2n) is 15.6.